The zero-order chi connectivity index (χ0) is 49.1. The number of hydrogen-bond donors (Lipinski definition) is 0. The first kappa shape index (κ1) is 49.0. The smallest absolute Gasteiger partial charge is 0.294 e. The van der Waals surface area contributed by atoms with Gasteiger partial charge in [0.15, 0.2) is 14.9 Å². The van der Waals surface area contributed by atoms with Crippen LogP contribution in [0.5, 0.6) is 10.4 Å². The van der Waals surface area contributed by atoms with Gasteiger partial charge in [0.05, 0.1) is 39.9 Å². The van der Waals surface area contributed by atoms with Crippen LogP contribution in [-0.2, 0) is 22.7 Å². The number of rotatable bonds is 14. The first-order chi connectivity index (χ1) is 33.7. The number of pyridine rings is 2. The maximum Gasteiger partial charge on any atom is 0.294 e. The van der Waals surface area contributed by atoms with Crippen molar-refractivity contribution in [2.24, 2.45) is 11.8 Å². The van der Waals surface area contributed by atoms with Gasteiger partial charge in [-0.2, -0.15) is 8.78 Å². The summed E-state index contributed by atoms with van der Waals surface area (Å²) in [4.78, 5) is 40.1. The second-order valence-corrected chi connectivity index (χ2v) is 21.8. The van der Waals surface area contributed by atoms with Crippen molar-refractivity contribution in [2.45, 2.75) is 88.5 Å². The van der Waals surface area contributed by atoms with E-state index in [0.29, 0.717) is 54.1 Å². The maximum atomic E-state index is 14.5. The molecule has 0 bridgehead atoms. The summed E-state index contributed by atoms with van der Waals surface area (Å²) >= 11 is 4.03. The molecular weight excluding hydrogens is 979 g/mol. The van der Waals surface area contributed by atoms with Crippen LogP contribution in [0.25, 0.3) is 32.4 Å². The van der Waals surface area contributed by atoms with Crippen LogP contribution in [0.15, 0.2) is 71.5 Å². The van der Waals surface area contributed by atoms with Crippen molar-refractivity contribution in [3.05, 3.63) is 84.5 Å². The molecule has 0 saturated carbocycles. The molecule has 0 aromatic carbocycles. The largest absolute Gasteiger partial charge is 0.466 e. The highest BCUT2D eigenvalue weighted by Gasteiger charge is 2.29. The van der Waals surface area contributed by atoms with Crippen molar-refractivity contribution < 1.29 is 26.7 Å². The molecule has 0 spiro atoms. The van der Waals surface area contributed by atoms with E-state index in [1.165, 1.54) is 51.1 Å². The Morgan fingerprint density at radius 2 is 1.10 bits per heavy atom. The summed E-state index contributed by atoms with van der Waals surface area (Å²) in [5.41, 5.74) is 3.59. The molecule has 0 unspecified atom stereocenters. The van der Waals surface area contributed by atoms with Crippen molar-refractivity contribution in [1.29, 1.82) is 0 Å². The van der Waals surface area contributed by atoms with Gasteiger partial charge in [-0.25, -0.2) is 57.3 Å². The summed E-state index contributed by atoms with van der Waals surface area (Å²) in [6.07, 6.45) is 19.5. The Kier molecular flexibility index (Phi) is 14.8. The third-order valence-electron chi connectivity index (χ3n) is 12.6. The molecule has 24 heteroatoms. The van der Waals surface area contributed by atoms with Crippen molar-refractivity contribution in [3.63, 3.8) is 0 Å². The van der Waals surface area contributed by atoms with Gasteiger partial charge in [-0.1, -0.05) is 13.8 Å². The summed E-state index contributed by atoms with van der Waals surface area (Å²) in [6, 6.07) is 6.12. The van der Waals surface area contributed by atoms with Crippen LogP contribution in [0.3, 0.4) is 0 Å². The number of hydrogen-bond acceptors (Lipinski definition) is 19. The summed E-state index contributed by atoms with van der Waals surface area (Å²) in [6.45, 7) is 11.9. The average molecular weight is 1030 g/mol. The molecule has 70 heavy (non-hydrogen) atoms. The SMILES string of the molecule is CCc1cnc(N2CCC([C@H](C)Oc3nn4cc(-c5ccc(S(C)(=O)=O)nc5F)nc4s3)CC2)nc1.CCc1cnc(N2CCC([C@H](C)Oc3nn4cc(-c5ccc(SC)nc5F)nc4s3)CC2)nc1. The van der Waals surface area contributed by atoms with Crippen molar-refractivity contribution >= 4 is 66.1 Å². The predicted octanol–water partition coefficient (Wildman–Crippen LogP) is 8.18. The van der Waals surface area contributed by atoms with Gasteiger partial charge >= 0.3 is 0 Å². The normalized spacial score (nSPS) is 15.8. The summed E-state index contributed by atoms with van der Waals surface area (Å²) in [5.74, 6) is 0.946. The zero-order valence-electron chi connectivity index (χ0n) is 39.4. The van der Waals surface area contributed by atoms with Gasteiger partial charge in [0.1, 0.15) is 12.2 Å². The fraction of sp³-hybridized carbons (Fsp3) is 0.435. The highest BCUT2D eigenvalue weighted by molar-refractivity contribution is 7.98. The number of fused-ring (bicyclic) bond motifs is 2. The molecule has 0 aliphatic carbocycles. The van der Waals surface area contributed by atoms with Gasteiger partial charge in [0.25, 0.3) is 10.4 Å². The minimum Gasteiger partial charge on any atom is -0.466 e. The van der Waals surface area contributed by atoms with Crippen molar-refractivity contribution in [1.82, 2.24) is 59.1 Å². The first-order valence-electron chi connectivity index (χ1n) is 23.0. The number of anilines is 2. The summed E-state index contributed by atoms with van der Waals surface area (Å²) in [7, 11) is -3.60. The molecule has 368 valence electrons. The predicted molar refractivity (Wildman–Crippen MR) is 266 cm³/mol. The van der Waals surface area contributed by atoms with E-state index in [1.807, 2.05) is 38.0 Å². The molecule has 2 saturated heterocycles. The van der Waals surface area contributed by atoms with E-state index in [4.69, 9.17) is 9.47 Å². The topological polar surface area (TPSA) is 197 Å². The van der Waals surface area contributed by atoms with Crippen molar-refractivity contribution in [3.8, 4) is 32.9 Å². The Labute approximate surface area is 415 Å². The second-order valence-electron chi connectivity index (χ2n) is 17.2. The van der Waals surface area contributed by atoms with Gasteiger partial charge < -0.3 is 19.3 Å². The monoisotopic (exact) mass is 1030 g/mol. The van der Waals surface area contributed by atoms with Crippen LogP contribution in [0.1, 0.15) is 64.5 Å². The van der Waals surface area contributed by atoms with Crippen LogP contribution in [0.2, 0.25) is 0 Å². The van der Waals surface area contributed by atoms with E-state index >= 15 is 0 Å². The van der Waals surface area contributed by atoms with Crippen LogP contribution in [0.4, 0.5) is 20.7 Å². The van der Waals surface area contributed by atoms with Crippen LogP contribution in [-0.4, -0.2) is 118 Å². The lowest BCUT2D eigenvalue weighted by molar-refractivity contribution is 0.131. The molecule has 10 heterocycles. The molecule has 2 atom stereocenters. The Hall–Kier alpha value is -5.98. The number of nitrogens with zero attached hydrogens (tertiary/aromatic N) is 14. The van der Waals surface area contributed by atoms with E-state index in [-0.39, 0.29) is 22.8 Å². The number of thioether (sulfide) groups is 1. The molecule has 0 amide bonds. The van der Waals surface area contributed by atoms with Crippen LogP contribution in [0, 0.1) is 23.7 Å². The molecule has 2 aliphatic rings. The fourth-order valence-corrected chi connectivity index (χ4v) is 10.9. The highest BCUT2D eigenvalue weighted by Crippen LogP contribution is 2.33. The Morgan fingerprint density at radius 3 is 1.47 bits per heavy atom. The second kappa shape index (κ2) is 21.2. The number of piperidine rings is 2. The number of aromatic nitrogens is 12. The highest BCUT2D eigenvalue weighted by atomic mass is 32.2. The summed E-state index contributed by atoms with van der Waals surface area (Å²) < 4.78 is 67.5. The fourth-order valence-electron chi connectivity index (χ4n) is 8.29. The molecule has 8 aromatic rings. The Balaban J connectivity index is 0.000000174. The Bertz CT molecular complexity index is 3110. The molecule has 2 aliphatic heterocycles. The van der Waals surface area contributed by atoms with Gasteiger partial charge in [0.2, 0.25) is 33.7 Å². The lowest BCUT2D eigenvalue weighted by atomic mass is 9.92. The molecule has 0 radical (unpaired) electrons. The lowest BCUT2D eigenvalue weighted by Gasteiger charge is -2.34. The van der Waals surface area contributed by atoms with Gasteiger partial charge in [0, 0.05) is 57.2 Å². The Morgan fingerprint density at radius 1 is 0.671 bits per heavy atom. The van der Waals surface area contributed by atoms with Crippen molar-refractivity contribution in [2.75, 3.05) is 48.5 Å². The maximum absolute atomic E-state index is 14.5. The van der Waals surface area contributed by atoms with E-state index in [1.54, 1.807) is 29.0 Å². The summed E-state index contributed by atoms with van der Waals surface area (Å²) in [5, 5.41) is 10.3. The number of imidazole rings is 2. The molecule has 2 fully saturated rings. The van der Waals surface area contributed by atoms with Gasteiger partial charge in [-0.15, -0.1) is 22.0 Å². The van der Waals surface area contributed by atoms with Crippen LogP contribution < -0.4 is 19.3 Å². The molecule has 8 aromatic heterocycles. The number of aryl methyl sites for hydroxylation is 2. The van der Waals surface area contributed by atoms with Gasteiger partial charge in [-0.05, 0) is 129 Å². The number of sulfone groups is 1. The molecule has 18 nitrogen and oxygen atoms in total. The standard InChI is InChI=1S/C23H26FN7O3S2.C23H26FN7OS2/c1-4-15-11-25-21(26-12-15)30-9-7-16(8-10-30)14(2)34-23-29-31-13-18(27-22(31)35-23)17-5-6-19(28-20(17)24)36(3,32)33;1-4-15-11-25-21(26-12-15)30-9-7-16(8-10-30)14(2)32-23-29-31-13-18(27-22(31)34-23)17-5-6-19(33-3)28-20(17)24/h5-6,11-14,16H,4,7-10H2,1-3H3;5-6,11-14,16H,4,7-10H2,1-3H3/t2*14-/m00/s1. The number of ether oxygens (including phenoxy) is 2. The molecule has 0 N–H and O–H groups in total. The average Bonchev–Trinajstić information content (AvgIpc) is 4.15. The van der Waals surface area contributed by atoms with Gasteiger partial charge in [-0.3, -0.25) is 0 Å². The van der Waals surface area contributed by atoms with E-state index in [9.17, 15) is 17.2 Å². The zero-order valence-corrected chi connectivity index (χ0v) is 42.7. The first-order valence-corrected chi connectivity index (χ1v) is 27.7. The molecule has 10 rings (SSSR count). The third kappa shape index (κ3) is 11.1. The minimum atomic E-state index is -3.60. The minimum absolute atomic E-state index is 0.0293. The lowest BCUT2D eigenvalue weighted by Crippen LogP contribution is -2.39. The molecular formula is C46H52F2N14O4S4. The van der Waals surface area contributed by atoms with E-state index < -0.39 is 21.7 Å². The van der Waals surface area contributed by atoms with E-state index in [2.05, 4.69) is 80.6 Å². The third-order valence-corrected chi connectivity index (χ3v) is 15.8. The number of halogens is 2. The quantitative estimate of drug-likeness (QED) is 0.0746. The van der Waals surface area contributed by atoms with E-state index in [0.717, 1.165) is 94.0 Å². The van der Waals surface area contributed by atoms with Crippen LogP contribution >= 0.6 is 34.4 Å².